The molecule has 0 unspecified atom stereocenters. The molecule has 1 aromatic heterocycles. The lowest BCUT2D eigenvalue weighted by molar-refractivity contribution is 0.394. The summed E-state index contributed by atoms with van der Waals surface area (Å²) in [4.78, 5) is 0. The fourth-order valence-electron chi connectivity index (χ4n) is 1.99. The Morgan fingerprint density at radius 1 is 1.20 bits per heavy atom. The Morgan fingerprint density at radius 3 is 2.35 bits per heavy atom. The predicted molar refractivity (Wildman–Crippen MR) is 73.6 cm³/mol. The van der Waals surface area contributed by atoms with Crippen LogP contribution < -0.4 is 9.47 Å². The molecule has 2 aromatic rings. The Balaban J connectivity index is 2.60. The number of benzene rings is 1. The topological polar surface area (TPSA) is 73.0 Å². The van der Waals surface area contributed by atoms with Crippen molar-refractivity contribution in [3.8, 4) is 28.8 Å². The molecule has 0 saturated heterocycles. The number of nitriles is 1. The van der Waals surface area contributed by atoms with Crippen LogP contribution in [0.15, 0.2) is 18.2 Å². The van der Waals surface area contributed by atoms with E-state index in [0.29, 0.717) is 29.4 Å². The first kappa shape index (κ1) is 13.9. The van der Waals surface area contributed by atoms with Gasteiger partial charge in [0, 0.05) is 18.2 Å². The highest BCUT2D eigenvalue weighted by atomic mass is 16.5. The molecule has 0 aliphatic carbocycles. The summed E-state index contributed by atoms with van der Waals surface area (Å²) in [6.45, 7) is 2.74. The molecule has 0 aliphatic rings. The quantitative estimate of drug-likeness (QED) is 0.834. The van der Waals surface area contributed by atoms with Gasteiger partial charge in [-0.3, -0.25) is 0 Å². The van der Waals surface area contributed by atoms with Crippen LogP contribution >= 0.6 is 0 Å². The van der Waals surface area contributed by atoms with Crippen molar-refractivity contribution in [1.29, 1.82) is 5.26 Å². The first-order valence-corrected chi connectivity index (χ1v) is 6.30. The van der Waals surface area contributed by atoms with Crippen LogP contribution in [-0.2, 0) is 6.54 Å². The molecule has 0 amide bonds. The first-order chi connectivity index (χ1) is 9.73. The third-order valence-electron chi connectivity index (χ3n) is 2.90. The van der Waals surface area contributed by atoms with Gasteiger partial charge < -0.3 is 9.47 Å². The first-order valence-electron chi connectivity index (χ1n) is 6.30. The molecule has 0 radical (unpaired) electrons. The van der Waals surface area contributed by atoms with Gasteiger partial charge in [-0.05, 0) is 18.6 Å². The Morgan fingerprint density at radius 2 is 1.85 bits per heavy atom. The van der Waals surface area contributed by atoms with Crippen molar-refractivity contribution in [3.05, 3.63) is 23.9 Å². The SMILES string of the molecule is CCCn1nnc(C#N)c1-c1cc(OC)cc(OC)c1. The predicted octanol–water partition coefficient (Wildman–Crippen LogP) is 2.24. The van der Waals surface area contributed by atoms with E-state index < -0.39 is 0 Å². The second kappa shape index (κ2) is 6.06. The summed E-state index contributed by atoms with van der Waals surface area (Å²) in [5.41, 5.74) is 1.79. The highest BCUT2D eigenvalue weighted by molar-refractivity contribution is 5.68. The molecule has 6 heteroatoms. The number of aryl methyl sites for hydroxylation is 1. The van der Waals surface area contributed by atoms with Crippen molar-refractivity contribution in [2.45, 2.75) is 19.9 Å². The van der Waals surface area contributed by atoms with Crippen molar-refractivity contribution >= 4 is 0 Å². The van der Waals surface area contributed by atoms with Crippen molar-refractivity contribution < 1.29 is 9.47 Å². The molecule has 0 fully saturated rings. The summed E-state index contributed by atoms with van der Waals surface area (Å²) in [6, 6.07) is 7.54. The molecule has 0 saturated carbocycles. The van der Waals surface area contributed by atoms with Gasteiger partial charge in [0.25, 0.3) is 0 Å². The molecule has 0 atom stereocenters. The molecule has 20 heavy (non-hydrogen) atoms. The van der Waals surface area contributed by atoms with Gasteiger partial charge in [0.05, 0.1) is 14.2 Å². The molecule has 0 N–H and O–H groups in total. The van der Waals surface area contributed by atoms with Crippen LogP contribution in [0.3, 0.4) is 0 Å². The third kappa shape index (κ3) is 2.57. The molecule has 6 nitrogen and oxygen atoms in total. The van der Waals surface area contributed by atoms with E-state index in [0.717, 1.165) is 12.0 Å². The van der Waals surface area contributed by atoms with E-state index >= 15 is 0 Å². The second-order valence-corrected chi connectivity index (χ2v) is 4.22. The van der Waals surface area contributed by atoms with Gasteiger partial charge in [0.2, 0.25) is 0 Å². The van der Waals surface area contributed by atoms with Gasteiger partial charge in [-0.15, -0.1) is 5.10 Å². The molecule has 0 bridgehead atoms. The fraction of sp³-hybridized carbons (Fsp3) is 0.357. The monoisotopic (exact) mass is 272 g/mol. The minimum absolute atomic E-state index is 0.300. The van der Waals surface area contributed by atoms with Crippen LogP contribution in [0.1, 0.15) is 19.0 Å². The van der Waals surface area contributed by atoms with E-state index in [4.69, 9.17) is 9.47 Å². The summed E-state index contributed by atoms with van der Waals surface area (Å²) in [5.74, 6) is 1.32. The minimum atomic E-state index is 0.300. The Bertz CT molecular complexity index is 621. The smallest absolute Gasteiger partial charge is 0.190 e. The van der Waals surface area contributed by atoms with E-state index in [9.17, 15) is 5.26 Å². The summed E-state index contributed by atoms with van der Waals surface area (Å²) in [7, 11) is 3.18. The zero-order valence-electron chi connectivity index (χ0n) is 11.8. The highest BCUT2D eigenvalue weighted by Gasteiger charge is 2.16. The van der Waals surface area contributed by atoms with Gasteiger partial charge in [-0.2, -0.15) is 5.26 Å². The van der Waals surface area contributed by atoms with Crippen molar-refractivity contribution in [3.63, 3.8) is 0 Å². The van der Waals surface area contributed by atoms with Gasteiger partial charge in [0.1, 0.15) is 23.3 Å². The van der Waals surface area contributed by atoms with Crippen molar-refractivity contribution in [1.82, 2.24) is 15.0 Å². The number of hydrogen-bond donors (Lipinski definition) is 0. The Labute approximate surface area is 117 Å². The number of ether oxygens (including phenoxy) is 2. The molecule has 1 heterocycles. The molecule has 1 aromatic carbocycles. The van der Waals surface area contributed by atoms with Crippen LogP contribution in [0, 0.1) is 11.3 Å². The largest absolute Gasteiger partial charge is 0.497 e. The fourth-order valence-corrected chi connectivity index (χ4v) is 1.99. The van der Waals surface area contributed by atoms with E-state index in [1.165, 1.54) is 0 Å². The second-order valence-electron chi connectivity index (χ2n) is 4.22. The lowest BCUT2D eigenvalue weighted by Crippen LogP contribution is -2.02. The standard InChI is InChI=1S/C14H16N4O2/c1-4-5-18-14(13(9-15)16-17-18)10-6-11(19-2)8-12(7-10)20-3/h6-8H,4-5H2,1-3H3. The summed E-state index contributed by atoms with van der Waals surface area (Å²) in [5, 5.41) is 17.1. The third-order valence-corrected chi connectivity index (χ3v) is 2.90. The average molecular weight is 272 g/mol. The van der Waals surface area contributed by atoms with E-state index in [1.807, 2.05) is 19.1 Å². The van der Waals surface area contributed by atoms with E-state index in [-0.39, 0.29) is 0 Å². The maximum Gasteiger partial charge on any atom is 0.190 e. The lowest BCUT2D eigenvalue weighted by atomic mass is 10.1. The molecule has 2 rings (SSSR count). The number of rotatable bonds is 5. The maximum absolute atomic E-state index is 9.19. The zero-order chi connectivity index (χ0) is 14.5. The van der Waals surface area contributed by atoms with Crippen LogP contribution in [0.5, 0.6) is 11.5 Å². The van der Waals surface area contributed by atoms with Gasteiger partial charge in [0.15, 0.2) is 5.69 Å². The van der Waals surface area contributed by atoms with Crippen LogP contribution in [0.25, 0.3) is 11.3 Å². The average Bonchev–Trinajstić information content (AvgIpc) is 2.89. The zero-order valence-corrected chi connectivity index (χ0v) is 11.8. The number of nitrogens with zero attached hydrogens (tertiary/aromatic N) is 4. The Hall–Kier alpha value is -2.55. The number of methoxy groups -OCH3 is 2. The summed E-state index contributed by atoms with van der Waals surface area (Å²) < 4.78 is 12.2. The molecule has 104 valence electrons. The maximum atomic E-state index is 9.19. The summed E-state index contributed by atoms with van der Waals surface area (Å²) in [6.07, 6.45) is 0.905. The van der Waals surface area contributed by atoms with Crippen LogP contribution in [-0.4, -0.2) is 29.2 Å². The molecular weight excluding hydrogens is 256 g/mol. The lowest BCUT2D eigenvalue weighted by Gasteiger charge is -2.10. The molecule has 0 aliphatic heterocycles. The number of aromatic nitrogens is 3. The van der Waals surface area contributed by atoms with Crippen molar-refractivity contribution in [2.24, 2.45) is 0 Å². The van der Waals surface area contributed by atoms with Crippen molar-refractivity contribution in [2.75, 3.05) is 14.2 Å². The van der Waals surface area contributed by atoms with Crippen LogP contribution in [0.2, 0.25) is 0 Å². The van der Waals surface area contributed by atoms with Gasteiger partial charge in [-0.1, -0.05) is 12.1 Å². The number of hydrogen-bond acceptors (Lipinski definition) is 5. The Kier molecular flexibility index (Phi) is 4.20. The van der Waals surface area contributed by atoms with E-state index in [1.54, 1.807) is 25.0 Å². The summed E-state index contributed by atoms with van der Waals surface area (Å²) >= 11 is 0. The highest BCUT2D eigenvalue weighted by Crippen LogP contribution is 2.31. The molecule has 0 spiro atoms. The van der Waals surface area contributed by atoms with Crippen LogP contribution in [0.4, 0.5) is 0 Å². The van der Waals surface area contributed by atoms with Gasteiger partial charge >= 0.3 is 0 Å². The molecular formula is C14H16N4O2. The van der Waals surface area contributed by atoms with E-state index in [2.05, 4.69) is 16.4 Å². The normalized spacial score (nSPS) is 10.1. The van der Waals surface area contributed by atoms with Gasteiger partial charge in [-0.25, -0.2) is 4.68 Å². The minimum Gasteiger partial charge on any atom is -0.497 e.